The lowest BCUT2D eigenvalue weighted by molar-refractivity contribution is -0.424. The molecule has 0 aliphatic heterocycles. The summed E-state index contributed by atoms with van der Waals surface area (Å²) in [5, 5.41) is 12.8. The Morgan fingerprint density at radius 2 is 2.07 bits per heavy atom. The molecular formula is C10H12N2O3. The fraction of sp³-hybridized carbons (Fsp3) is 0.100. The van der Waals surface area contributed by atoms with Crippen molar-refractivity contribution in [2.45, 2.75) is 6.92 Å². The molecule has 0 radical (unpaired) electrons. The Hall–Kier alpha value is -2.17. The lowest BCUT2D eigenvalue weighted by atomic mass is 10.3. The van der Waals surface area contributed by atoms with Crippen LogP contribution in [0.3, 0.4) is 0 Å². The molecule has 5 nitrogen and oxygen atoms in total. The van der Waals surface area contributed by atoms with Crippen molar-refractivity contribution in [3.05, 3.63) is 59.0 Å². The van der Waals surface area contributed by atoms with E-state index in [4.69, 9.17) is 0 Å². The zero-order valence-electron chi connectivity index (χ0n) is 8.40. The first-order valence-electron chi connectivity index (χ1n) is 4.10. The summed E-state index contributed by atoms with van der Waals surface area (Å²) in [6.07, 6.45) is 5.19. The van der Waals surface area contributed by atoms with Crippen LogP contribution in [0.25, 0.3) is 0 Å². The molecule has 0 aromatic carbocycles. The Bertz CT molecular complexity index is 354. The Balaban J connectivity index is 4.84. The molecule has 1 amide bonds. The Morgan fingerprint density at radius 1 is 1.47 bits per heavy atom. The summed E-state index contributed by atoms with van der Waals surface area (Å²) in [4.78, 5) is 20.7. The lowest BCUT2D eigenvalue weighted by Gasteiger charge is -2.01. The maximum atomic E-state index is 10.9. The first-order valence-corrected chi connectivity index (χ1v) is 4.10. The number of carbonyl (C=O) groups excluding carboxylic acids is 1. The minimum atomic E-state index is -0.545. The van der Waals surface area contributed by atoms with Gasteiger partial charge in [0.15, 0.2) is 0 Å². The second-order valence-electron chi connectivity index (χ2n) is 2.59. The number of amides is 1. The number of rotatable bonds is 5. The van der Waals surface area contributed by atoms with Gasteiger partial charge in [0.1, 0.15) is 0 Å². The molecule has 0 atom stereocenters. The SMILES string of the molecule is C=C/C=C(\C=C(/C)[N+](=O)[O-])NC(=O)C=C. The molecule has 0 saturated heterocycles. The molecule has 5 heteroatoms. The second-order valence-corrected chi connectivity index (χ2v) is 2.59. The third-order valence-electron chi connectivity index (χ3n) is 1.40. The Labute approximate surface area is 87.6 Å². The zero-order chi connectivity index (χ0) is 11.8. The van der Waals surface area contributed by atoms with Gasteiger partial charge in [0, 0.05) is 18.7 Å². The molecule has 0 heterocycles. The van der Waals surface area contributed by atoms with E-state index in [-0.39, 0.29) is 5.70 Å². The first-order chi connectivity index (χ1) is 7.01. The van der Waals surface area contributed by atoms with Crippen molar-refractivity contribution in [3.63, 3.8) is 0 Å². The van der Waals surface area contributed by atoms with Gasteiger partial charge < -0.3 is 5.32 Å². The van der Waals surface area contributed by atoms with Crippen molar-refractivity contribution in [2.75, 3.05) is 0 Å². The van der Waals surface area contributed by atoms with Crippen molar-refractivity contribution in [1.82, 2.24) is 5.32 Å². The van der Waals surface area contributed by atoms with E-state index in [1.807, 2.05) is 0 Å². The highest BCUT2D eigenvalue weighted by molar-refractivity contribution is 5.88. The molecule has 0 unspecified atom stereocenters. The minimum Gasteiger partial charge on any atom is -0.322 e. The molecule has 1 N–H and O–H groups in total. The summed E-state index contributed by atoms with van der Waals surface area (Å²) in [5.74, 6) is -0.435. The van der Waals surface area contributed by atoms with Crippen LogP contribution in [0.4, 0.5) is 0 Å². The third-order valence-corrected chi connectivity index (χ3v) is 1.40. The van der Waals surface area contributed by atoms with Gasteiger partial charge in [-0.2, -0.15) is 0 Å². The predicted molar refractivity (Wildman–Crippen MR) is 57.4 cm³/mol. The highest BCUT2D eigenvalue weighted by Gasteiger charge is 2.04. The van der Waals surface area contributed by atoms with Crippen molar-refractivity contribution in [1.29, 1.82) is 0 Å². The van der Waals surface area contributed by atoms with Gasteiger partial charge in [0.2, 0.25) is 11.6 Å². The molecular weight excluding hydrogens is 196 g/mol. The fourth-order valence-electron chi connectivity index (χ4n) is 0.724. The summed E-state index contributed by atoms with van der Waals surface area (Å²) in [6.45, 7) is 8.03. The first kappa shape index (κ1) is 12.8. The number of nitrogens with one attached hydrogen (secondary N) is 1. The van der Waals surface area contributed by atoms with E-state index in [1.54, 1.807) is 0 Å². The van der Waals surface area contributed by atoms with Crippen LogP contribution in [0.1, 0.15) is 6.92 Å². The van der Waals surface area contributed by atoms with Gasteiger partial charge in [-0.15, -0.1) is 0 Å². The van der Waals surface area contributed by atoms with E-state index in [0.29, 0.717) is 5.70 Å². The number of hydrogen-bond donors (Lipinski definition) is 1. The monoisotopic (exact) mass is 208 g/mol. The smallest absolute Gasteiger partial charge is 0.247 e. The van der Waals surface area contributed by atoms with E-state index in [9.17, 15) is 14.9 Å². The van der Waals surface area contributed by atoms with Gasteiger partial charge in [-0.3, -0.25) is 14.9 Å². The van der Waals surface area contributed by atoms with E-state index < -0.39 is 10.8 Å². The highest BCUT2D eigenvalue weighted by atomic mass is 16.6. The van der Waals surface area contributed by atoms with Crippen LogP contribution in [-0.2, 0) is 4.79 Å². The number of nitro groups is 1. The summed E-state index contributed by atoms with van der Waals surface area (Å²) >= 11 is 0. The van der Waals surface area contributed by atoms with Crippen LogP contribution in [0.5, 0.6) is 0 Å². The molecule has 15 heavy (non-hydrogen) atoms. The molecule has 0 spiro atoms. The summed E-state index contributed by atoms with van der Waals surface area (Å²) < 4.78 is 0. The number of carbonyl (C=O) groups is 1. The van der Waals surface area contributed by atoms with Crippen molar-refractivity contribution in [2.24, 2.45) is 0 Å². The molecule has 0 bridgehead atoms. The molecule has 0 saturated carbocycles. The number of hydrogen-bond acceptors (Lipinski definition) is 3. The van der Waals surface area contributed by atoms with E-state index in [2.05, 4.69) is 18.5 Å². The largest absolute Gasteiger partial charge is 0.322 e. The predicted octanol–water partition coefficient (Wildman–Crippen LogP) is 1.54. The molecule has 0 aliphatic rings. The minimum absolute atomic E-state index is 0.0764. The summed E-state index contributed by atoms with van der Waals surface area (Å²) in [6, 6.07) is 0. The van der Waals surface area contributed by atoms with Crippen LogP contribution in [0.2, 0.25) is 0 Å². The van der Waals surface area contributed by atoms with Gasteiger partial charge >= 0.3 is 0 Å². The van der Waals surface area contributed by atoms with Crippen LogP contribution in [0.15, 0.2) is 48.9 Å². The van der Waals surface area contributed by atoms with Crippen LogP contribution in [-0.4, -0.2) is 10.8 Å². The number of allylic oxidation sites excluding steroid dienone is 4. The van der Waals surface area contributed by atoms with E-state index in [1.165, 1.54) is 25.2 Å². The summed E-state index contributed by atoms with van der Waals surface area (Å²) in [5.41, 5.74) is 0.219. The van der Waals surface area contributed by atoms with Crippen LogP contribution in [0, 0.1) is 10.1 Å². The standard InChI is InChI=1S/C10H12N2O3/c1-4-6-9(11-10(13)5-2)7-8(3)12(14)15/h4-7H,1-2H2,3H3,(H,11,13)/b8-7+,9-6+. The van der Waals surface area contributed by atoms with Gasteiger partial charge in [0.25, 0.3) is 0 Å². The molecule has 0 aromatic rings. The Kier molecular flexibility index (Phi) is 5.40. The average Bonchev–Trinajstić information content (AvgIpc) is 2.17. The van der Waals surface area contributed by atoms with Crippen LogP contribution < -0.4 is 5.32 Å². The van der Waals surface area contributed by atoms with Gasteiger partial charge in [-0.1, -0.05) is 19.2 Å². The van der Waals surface area contributed by atoms with Crippen LogP contribution >= 0.6 is 0 Å². The molecule has 0 rings (SSSR count). The molecule has 0 aromatic heterocycles. The quantitative estimate of drug-likeness (QED) is 0.322. The normalized spacial score (nSPS) is 11.8. The molecule has 0 aliphatic carbocycles. The van der Waals surface area contributed by atoms with Gasteiger partial charge in [-0.05, 0) is 12.2 Å². The van der Waals surface area contributed by atoms with Crippen molar-refractivity contribution in [3.8, 4) is 0 Å². The maximum absolute atomic E-state index is 10.9. The maximum Gasteiger partial charge on any atom is 0.247 e. The Morgan fingerprint density at radius 3 is 2.47 bits per heavy atom. The van der Waals surface area contributed by atoms with Crippen molar-refractivity contribution >= 4 is 5.91 Å². The lowest BCUT2D eigenvalue weighted by Crippen LogP contribution is -2.19. The average molecular weight is 208 g/mol. The van der Waals surface area contributed by atoms with Crippen molar-refractivity contribution < 1.29 is 9.72 Å². The highest BCUT2D eigenvalue weighted by Crippen LogP contribution is 2.00. The molecule has 0 fully saturated rings. The van der Waals surface area contributed by atoms with Gasteiger partial charge in [0.05, 0.1) is 4.92 Å². The topological polar surface area (TPSA) is 72.2 Å². The summed E-state index contributed by atoms with van der Waals surface area (Å²) in [7, 11) is 0. The third kappa shape index (κ3) is 5.20. The zero-order valence-corrected chi connectivity index (χ0v) is 8.40. The molecule has 80 valence electrons. The number of nitrogens with zero attached hydrogens (tertiary/aromatic N) is 1. The van der Waals surface area contributed by atoms with E-state index in [0.717, 1.165) is 6.08 Å². The van der Waals surface area contributed by atoms with E-state index >= 15 is 0 Å². The van der Waals surface area contributed by atoms with Gasteiger partial charge in [-0.25, -0.2) is 0 Å². The second kappa shape index (κ2) is 6.31. The fourth-order valence-corrected chi connectivity index (χ4v) is 0.724.